The van der Waals surface area contributed by atoms with Gasteiger partial charge in [-0.1, -0.05) is 0 Å². The Morgan fingerprint density at radius 2 is 2.55 bits per heavy atom. The molecule has 1 N–H and O–H groups in total. The monoisotopic (exact) mass is 159 g/mol. The summed E-state index contributed by atoms with van der Waals surface area (Å²) in [6, 6.07) is 0. The molecule has 0 aromatic rings. The molecule has 0 saturated carbocycles. The predicted molar refractivity (Wildman–Crippen MR) is 39.1 cm³/mol. The van der Waals surface area contributed by atoms with Crippen LogP contribution >= 0.6 is 0 Å². The molecular weight excluding hydrogens is 146 g/mol. The average Bonchev–Trinajstić information content (AvgIpc) is 2.35. The van der Waals surface area contributed by atoms with Crippen LogP contribution in [0.2, 0.25) is 0 Å². The Balaban J connectivity index is 2.23. The van der Waals surface area contributed by atoms with E-state index in [1.165, 1.54) is 7.11 Å². The number of rotatable bonds is 2. The summed E-state index contributed by atoms with van der Waals surface area (Å²) in [7, 11) is 1.37. The van der Waals surface area contributed by atoms with Gasteiger partial charge in [0.05, 0.1) is 19.8 Å². The van der Waals surface area contributed by atoms with Crippen molar-refractivity contribution in [1.82, 2.24) is 4.90 Å². The number of methoxy groups -OCH3 is 1. The first-order valence-corrected chi connectivity index (χ1v) is 3.69. The highest BCUT2D eigenvalue weighted by molar-refractivity contribution is 5.71. The van der Waals surface area contributed by atoms with Gasteiger partial charge in [-0.2, -0.15) is 0 Å². The van der Waals surface area contributed by atoms with Crippen LogP contribution in [0.5, 0.6) is 0 Å². The van der Waals surface area contributed by atoms with Gasteiger partial charge in [0, 0.05) is 13.1 Å². The molecule has 64 valence electrons. The molecule has 0 amide bonds. The molecule has 0 spiro atoms. The first kappa shape index (κ1) is 8.49. The molecule has 1 rings (SSSR count). The molecule has 4 nitrogen and oxygen atoms in total. The van der Waals surface area contributed by atoms with Crippen LogP contribution in [0.25, 0.3) is 0 Å². The van der Waals surface area contributed by atoms with Gasteiger partial charge in [-0.05, 0) is 6.42 Å². The standard InChI is InChI=1S/C7H13NO3/c1-11-7(10)5-8-3-2-6(9)4-8/h6,9H,2-5H2,1H3. The maximum atomic E-state index is 10.7. The maximum absolute atomic E-state index is 10.7. The molecule has 1 aliphatic rings. The molecule has 1 unspecified atom stereocenters. The summed E-state index contributed by atoms with van der Waals surface area (Å²) >= 11 is 0. The van der Waals surface area contributed by atoms with Crippen LogP contribution in [0, 0.1) is 0 Å². The Morgan fingerprint density at radius 3 is 3.00 bits per heavy atom. The van der Waals surface area contributed by atoms with Crippen molar-refractivity contribution in [2.24, 2.45) is 0 Å². The number of aliphatic hydroxyl groups excluding tert-OH is 1. The molecule has 1 fully saturated rings. The first-order chi connectivity index (χ1) is 5.22. The lowest BCUT2D eigenvalue weighted by Gasteiger charge is -2.11. The van der Waals surface area contributed by atoms with E-state index in [1.54, 1.807) is 0 Å². The van der Waals surface area contributed by atoms with E-state index >= 15 is 0 Å². The lowest BCUT2D eigenvalue weighted by Crippen LogP contribution is -2.29. The van der Waals surface area contributed by atoms with Gasteiger partial charge in [-0.15, -0.1) is 0 Å². The predicted octanol–water partition coefficient (Wildman–Crippen LogP) is -0.774. The zero-order valence-corrected chi connectivity index (χ0v) is 6.62. The van der Waals surface area contributed by atoms with E-state index in [2.05, 4.69) is 4.74 Å². The van der Waals surface area contributed by atoms with E-state index in [4.69, 9.17) is 5.11 Å². The minimum atomic E-state index is -0.264. The Bertz CT molecular complexity index is 149. The molecule has 0 aromatic heterocycles. The number of esters is 1. The summed E-state index contributed by atoms with van der Waals surface area (Å²) in [5.41, 5.74) is 0. The van der Waals surface area contributed by atoms with Gasteiger partial charge in [0.25, 0.3) is 0 Å². The van der Waals surface area contributed by atoms with Crippen molar-refractivity contribution in [3.05, 3.63) is 0 Å². The quantitative estimate of drug-likeness (QED) is 0.537. The van der Waals surface area contributed by atoms with Gasteiger partial charge in [-0.3, -0.25) is 9.69 Å². The molecule has 4 heteroatoms. The van der Waals surface area contributed by atoms with E-state index in [9.17, 15) is 4.79 Å². The van der Waals surface area contributed by atoms with E-state index in [0.29, 0.717) is 13.1 Å². The number of likely N-dealkylation sites (tertiary alicyclic amines) is 1. The number of carbonyl (C=O) groups is 1. The van der Waals surface area contributed by atoms with Crippen LogP contribution in [0.1, 0.15) is 6.42 Å². The van der Waals surface area contributed by atoms with Crippen LogP contribution < -0.4 is 0 Å². The average molecular weight is 159 g/mol. The van der Waals surface area contributed by atoms with E-state index in [1.807, 2.05) is 4.90 Å². The summed E-state index contributed by atoms with van der Waals surface area (Å²) in [4.78, 5) is 12.6. The van der Waals surface area contributed by atoms with E-state index in [-0.39, 0.29) is 12.1 Å². The highest BCUT2D eigenvalue weighted by Crippen LogP contribution is 2.07. The van der Waals surface area contributed by atoms with Gasteiger partial charge < -0.3 is 9.84 Å². The lowest BCUT2D eigenvalue weighted by atomic mass is 10.3. The van der Waals surface area contributed by atoms with Crippen molar-refractivity contribution in [2.75, 3.05) is 26.7 Å². The molecule has 0 aromatic carbocycles. The Kier molecular flexibility index (Phi) is 2.84. The summed E-state index contributed by atoms with van der Waals surface area (Å²) in [5.74, 6) is -0.237. The van der Waals surface area contributed by atoms with E-state index in [0.717, 1.165) is 13.0 Å². The number of hydrogen-bond acceptors (Lipinski definition) is 4. The van der Waals surface area contributed by atoms with Crippen molar-refractivity contribution in [2.45, 2.75) is 12.5 Å². The van der Waals surface area contributed by atoms with Crippen molar-refractivity contribution < 1.29 is 14.6 Å². The molecule has 0 bridgehead atoms. The van der Waals surface area contributed by atoms with Crippen molar-refractivity contribution >= 4 is 5.97 Å². The second-order valence-electron chi connectivity index (χ2n) is 2.75. The molecule has 0 aliphatic carbocycles. The third kappa shape index (κ3) is 2.48. The summed E-state index contributed by atoms with van der Waals surface area (Å²) in [5, 5.41) is 9.09. The molecule has 1 saturated heterocycles. The number of aliphatic hydroxyl groups is 1. The SMILES string of the molecule is COC(=O)CN1CCC(O)C1. The molecule has 1 atom stereocenters. The number of ether oxygens (including phenoxy) is 1. The third-order valence-electron chi connectivity index (χ3n) is 1.83. The van der Waals surface area contributed by atoms with Gasteiger partial charge in [0.15, 0.2) is 0 Å². The third-order valence-corrected chi connectivity index (χ3v) is 1.83. The normalized spacial score (nSPS) is 25.5. The molecule has 0 radical (unpaired) electrons. The summed E-state index contributed by atoms with van der Waals surface area (Å²) in [6.45, 7) is 1.68. The maximum Gasteiger partial charge on any atom is 0.319 e. The molecule has 1 aliphatic heterocycles. The Morgan fingerprint density at radius 1 is 1.82 bits per heavy atom. The minimum Gasteiger partial charge on any atom is -0.468 e. The smallest absolute Gasteiger partial charge is 0.319 e. The van der Waals surface area contributed by atoms with Crippen LogP contribution in [-0.2, 0) is 9.53 Å². The van der Waals surface area contributed by atoms with Crippen molar-refractivity contribution in [3.8, 4) is 0 Å². The lowest BCUT2D eigenvalue weighted by molar-refractivity contribution is -0.141. The zero-order chi connectivity index (χ0) is 8.27. The second-order valence-corrected chi connectivity index (χ2v) is 2.75. The van der Waals surface area contributed by atoms with Gasteiger partial charge in [-0.25, -0.2) is 0 Å². The fourth-order valence-electron chi connectivity index (χ4n) is 1.20. The highest BCUT2D eigenvalue weighted by Gasteiger charge is 2.21. The van der Waals surface area contributed by atoms with Gasteiger partial charge >= 0.3 is 5.97 Å². The fourth-order valence-corrected chi connectivity index (χ4v) is 1.20. The Labute approximate surface area is 65.8 Å². The zero-order valence-electron chi connectivity index (χ0n) is 6.62. The van der Waals surface area contributed by atoms with Crippen molar-refractivity contribution in [1.29, 1.82) is 0 Å². The summed E-state index contributed by atoms with van der Waals surface area (Å²) < 4.78 is 4.49. The number of carbonyl (C=O) groups excluding carboxylic acids is 1. The van der Waals surface area contributed by atoms with Gasteiger partial charge in [0.2, 0.25) is 0 Å². The number of hydrogen-bond donors (Lipinski definition) is 1. The largest absolute Gasteiger partial charge is 0.468 e. The minimum absolute atomic E-state index is 0.237. The number of nitrogens with zero attached hydrogens (tertiary/aromatic N) is 1. The van der Waals surface area contributed by atoms with Crippen LogP contribution in [0.3, 0.4) is 0 Å². The topological polar surface area (TPSA) is 49.8 Å². The van der Waals surface area contributed by atoms with Crippen LogP contribution in [-0.4, -0.2) is 48.8 Å². The number of β-amino-alcohol motifs (C(OH)–C–C–N with tert-alkyl or cyclic N) is 1. The van der Waals surface area contributed by atoms with E-state index < -0.39 is 0 Å². The molecular formula is C7H13NO3. The van der Waals surface area contributed by atoms with Crippen LogP contribution in [0.4, 0.5) is 0 Å². The highest BCUT2D eigenvalue weighted by atomic mass is 16.5. The van der Waals surface area contributed by atoms with Crippen molar-refractivity contribution in [3.63, 3.8) is 0 Å². The molecule has 1 heterocycles. The van der Waals surface area contributed by atoms with Crippen LogP contribution in [0.15, 0.2) is 0 Å². The summed E-state index contributed by atoms with van der Waals surface area (Å²) in [6.07, 6.45) is 0.497. The Hall–Kier alpha value is -0.610. The molecule has 11 heavy (non-hydrogen) atoms. The first-order valence-electron chi connectivity index (χ1n) is 3.69. The second kappa shape index (κ2) is 3.69. The fraction of sp³-hybridized carbons (Fsp3) is 0.857. The van der Waals surface area contributed by atoms with Gasteiger partial charge in [0.1, 0.15) is 0 Å².